The summed E-state index contributed by atoms with van der Waals surface area (Å²) in [6, 6.07) is 18.6. The SMILES string of the molecule is O=c1cc(-c2ccccc2)c2cc(Cl)c3c(c2o1)CN(c1ccc(Br)cc1Cl)CO3. The first-order valence-corrected chi connectivity index (χ1v) is 10.7. The summed E-state index contributed by atoms with van der Waals surface area (Å²) in [5.74, 6) is 0.530. The molecule has 0 atom stereocenters. The summed E-state index contributed by atoms with van der Waals surface area (Å²) in [6.45, 7) is 0.719. The first-order chi connectivity index (χ1) is 14.5. The highest BCUT2D eigenvalue weighted by Crippen LogP contribution is 2.43. The second-order valence-corrected chi connectivity index (χ2v) is 8.69. The Hall–Kier alpha value is -2.47. The lowest BCUT2D eigenvalue weighted by Gasteiger charge is -2.32. The fraction of sp³-hybridized carbons (Fsp3) is 0.0870. The molecule has 0 saturated heterocycles. The number of halogens is 3. The quantitative estimate of drug-likeness (QED) is 0.280. The Labute approximate surface area is 190 Å². The number of benzene rings is 3. The maximum absolute atomic E-state index is 12.4. The lowest BCUT2D eigenvalue weighted by molar-refractivity contribution is 0.289. The summed E-state index contributed by atoms with van der Waals surface area (Å²) in [5, 5.41) is 1.83. The average Bonchev–Trinajstić information content (AvgIpc) is 2.74. The van der Waals surface area contributed by atoms with Crippen molar-refractivity contribution in [3.8, 4) is 16.9 Å². The summed E-state index contributed by atoms with van der Waals surface area (Å²) in [6.07, 6.45) is 0. The summed E-state index contributed by atoms with van der Waals surface area (Å²) in [4.78, 5) is 14.4. The van der Waals surface area contributed by atoms with Crippen LogP contribution in [0.1, 0.15) is 5.56 Å². The first-order valence-electron chi connectivity index (χ1n) is 9.19. The van der Waals surface area contributed by atoms with Crippen LogP contribution in [0.4, 0.5) is 5.69 Å². The molecule has 4 nitrogen and oxygen atoms in total. The lowest BCUT2D eigenvalue weighted by atomic mass is 9.99. The van der Waals surface area contributed by atoms with Crippen LogP contribution in [0.25, 0.3) is 22.1 Å². The molecular weight excluding hydrogens is 489 g/mol. The predicted molar refractivity (Wildman–Crippen MR) is 124 cm³/mol. The van der Waals surface area contributed by atoms with Crippen LogP contribution in [0.5, 0.6) is 5.75 Å². The molecule has 3 aromatic carbocycles. The molecule has 7 heteroatoms. The minimum Gasteiger partial charge on any atom is -0.471 e. The fourth-order valence-corrected chi connectivity index (χ4v) is 4.81. The number of nitrogens with zero attached hydrogens (tertiary/aromatic N) is 1. The molecule has 0 bridgehead atoms. The van der Waals surface area contributed by atoms with Gasteiger partial charge in [0.05, 0.1) is 27.8 Å². The minimum absolute atomic E-state index is 0.280. The van der Waals surface area contributed by atoms with Crippen LogP contribution in [0, 0.1) is 0 Å². The van der Waals surface area contributed by atoms with Crippen molar-refractivity contribution in [3.63, 3.8) is 0 Å². The summed E-state index contributed by atoms with van der Waals surface area (Å²) in [5.41, 5.74) is 3.27. The molecule has 0 amide bonds. The van der Waals surface area contributed by atoms with Crippen molar-refractivity contribution in [2.45, 2.75) is 6.54 Å². The molecule has 1 aromatic heterocycles. The molecule has 1 aliphatic rings. The van der Waals surface area contributed by atoms with Gasteiger partial charge < -0.3 is 14.1 Å². The molecule has 0 saturated carbocycles. The van der Waals surface area contributed by atoms with Gasteiger partial charge in [-0.2, -0.15) is 0 Å². The highest BCUT2D eigenvalue weighted by atomic mass is 79.9. The highest BCUT2D eigenvalue weighted by molar-refractivity contribution is 9.10. The topological polar surface area (TPSA) is 42.7 Å². The molecule has 150 valence electrons. The van der Waals surface area contributed by atoms with Crippen molar-refractivity contribution in [1.82, 2.24) is 0 Å². The molecule has 0 unspecified atom stereocenters. The van der Waals surface area contributed by atoms with Crippen molar-refractivity contribution in [2.24, 2.45) is 0 Å². The van der Waals surface area contributed by atoms with Crippen LogP contribution in [-0.4, -0.2) is 6.73 Å². The molecule has 0 radical (unpaired) electrons. The lowest BCUT2D eigenvalue weighted by Crippen LogP contribution is -2.32. The van der Waals surface area contributed by atoms with Gasteiger partial charge in [0.1, 0.15) is 11.3 Å². The van der Waals surface area contributed by atoms with Crippen molar-refractivity contribution >= 4 is 55.8 Å². The summed E-state index contributed by atoms with van der Waals surface area (Å²) in [7, 11) is 0. The Morgan fingerprint density at radius 2 is 1.77 bits per heavy atom. The van der Waals surface area contributed by atoms with Gasteiger partial charge in [0.25, 0.3) is 0 Å². The van der Waals surface area contributed by atoms with Crippen LogP contribution >= 0.6 is 39.1 Å². The zero-order valence-electron chi connectivity index (χ0n) is 15.5. The van der Waals surface area contributed by atoms with E-state index < -0.39 is 5.63 Å². The summed E-state index contributed by atoms with van der Waals surface area (Å²) < 4.78 is 12.5. The van der Waals surface area contributed by atoms with Gasteiger partial charge in [0, 0.05) is 15.9 Å². The van der Waals surface area contributed by atoms with Gasteiger partial charge in [-0.15, -0.1) is 0 Å². The van der Waals surface area contributed by atoms with E-state index in [0.29, 0.717) is 27.9 Å². The van der Waals surface area contributed by atoms with Gasteiger partial charge in [-0.05, 0) is 35.4 Å². The van der Waals surface area contributed by atoms with Gasteiger partial charge >= 0.3 is 5.63 Å². The van der Waals surface area contributed by atoms with E-state index in [9.17, 15) is 4.79 Å². The second-order valence-electron chi connectivity index (χ2n) is 6.96. The van der Waals surface area contributed by atoms with E-state index in [1.54, 1.807) is 6.07 Å². The molecule has 0 spiro atoms. The van der Waals surface area contributed by atoms with E-state index in [-0.39, 0.29) is 6.73 Å². The number of ether oxygens (including phenoxy) is 1. The van der Waals surface area contributed by atoms with Crippen molar-refractivity contribution in [1.29, 1.82) is 0 Å². The number of fused-ring (bicyclic) bond motifs is 3. The second kappa shape index (κ2) is 7.65. The Morgan fingerprint density at radius 1 is 0.967 bits per heavy atom. The van der Waals surface area contributed by atoms with Gasteiger partial charge in [-0.1, -0.05) is 69.5 Å². The Morgan fingerprint density at radius 3 is 2.53 bits per heavy atom. The third-order valence-electron chi connectivity index (χ3n) is 5.08. The van der Waals surface area contributed by atoms with E-state index in [4.69, 9.17) is 32.4 Å². The van der Waals surface area contributed by atoms with Crippen molar-refractivity contribution in [2.75, 3.05) is 11.6 Å². The van der Waals surface area contributed by atoms with E-state index in [0.717, 1.165) is 32.2 Å². The molecule has 30 heavy (non-hydrogen) atoms. The molecule has 5 rings (SSSR count). The number of hydrogen-bond acceptors (Lipinski definition) is 4. The average molecular weight is 503 g/mol. The summed E-state index contributed by atoms with van der Waals surface area (Å²) >= 11 is 16.4. The van der Waals surface area contributed by atoms with E-state index in [2.05, 4.69) is 15.9 Å². The van der Waals surface area contributed by atoms with Crippen LogP contribution < -0.4 is 15.3 Å². The molecule has 0 fully saturated rings. The minimum atomic E-state index is -0.426. The maximum atomic E-state index is 12.4. The fourth-order valence-electron chi connectivity index (χ4n) is 3.74. The standard InChI is InChI=1S/C23H14BrCl2NO3/c24-14-6-7-20(18(25)8-14)27-11-17-22-16(9-19(26)23(17)29-12-27)15(10-21(28)30-22)13-4-2-1-3-5-13/h1-10H,11-12H2. The number of anilines is 1. The van der Waals surface area contributed by atoms with E-state index >= 15 is 0 Å². The van der Waals surface area contributed by atoms with Crippen LogP contribution in [0.3, 0.4) is 0 Å². The van der Waals surface area contributed by atoms with Crippen molar-refractivity contribution < 1.29 is 9.15 Å². The molecule has 0 N–H and O–H groups in total. The smallest absolute Gasteiger partial charge is 0.336 e. The van der Waals surface area contributed by atoms with Crippen LogP contribution in [-0.2, 0) is 6.54 Å². The van der Waals surface area contributed by atoms with Crippen molar-refractivity contribution in [3.05, 3.63) is 91.2 Å². The van der Waals surface area contributed by atoms with E-state index in [1.807, 2.05) is 53.4 Å². The molecule has 0 aliphatic carbocycles. The Balaban J connectivity index is 1.70. The number of rotatable bonds is 2. The third-order valence-corrected chi connectivity index (χ3v) is 6.16. The van der Waals surface area contributed by atoms with Gasteiger partial charge in [-0.25, -0.2) is 4.79 Å². The van der Waals surface area contributed by atoms with Crippen LogP contribution in [0.2, 0.25) is 10.0 Å². The monoisotopic (exact) mass is 501 g/mol. The third kappa shape index (κ3) is 3.37. The van der Waals surface area contributed by atoms with Gasteiger partial charge in [-0.3, -0.25) is 0 Å². The van der Waals surface area contributed by atoms with E-state index in [1.165, 1.54) is 6.07 Å². The normalized spacial score (nSPS) is 13.2. The van der Waals surface area contributed by atoms with Gasteiger partial charge in [0.15, 0.2) is 6.73 Å². The Kier molecular flexibility index (Phi) is 4.97. The van der Waals surface area contributed by atoms with Crippen LogP contribution in [0.15, 0.2) is 74.3 Å². The predicted octanol–water partition coefficient (Wildman–Crippen LogP) is 6.89. The molecule has 2 heterocycles. The number of hydrogen-bond donors (Lipinski definition) is 0. The Bertz CT molecular complexity index is 1340. The highest BCUT2D eigenvalue weighted by Gasteiger charge is 2.26. The molecular formula is C23H14BrCl2NO3. The zero-order chi connectivity index (χ0) is 20.8. The zero-order valence-corrected chi connectivity index (χ0v) is 18.6. The largest absolute Gasteiger partial charge is 0.471 e. The first kappa shape index (κ1) is 19.5. The maximum Gasteiger partial charge on any atom is 0.336 e. The molecule has 4 aromatic rings. The molecule has 1 aliphatic heterocycles. The van der Waals surface area contributed by atoms with Gasteiger partial charge in [0.2, 0.25) is 0 Å².